The minimum absolute atomic E-state index is 0.0742. The molecule has 0 bridgehead atoms. The quantitative estimate of drug-likeness (QED) is 0.719. The Balaban J connectivity index is 2.95. The van der Waals surface area contributed by atoms with Crippen LogP contribution in [0.15, 0.2) is 24.3 Å². The minimum Gasteiger partial charge on any atom is -0.312 e. The van der Waals surface area contributed by atoms with Gasteiger partial charge in [0.15, 0.2) is 0 Å². The van der Waals surface area contributed by atoms with Crippen LogP contribution >= 0.6 is 12.6 Å². The van der Waals surface area contributed by atoms with Crippen LogP contribution in [0.2, 0.25) is 0 Å². The predicted molar refractivity (Wildman–Crippen MR) is 53.7 cm³/mol. The number of anilines is 1. The van der Waals surface area contributed by atoms with Crippen molar-refractivity contribution in [3.63, 3.8) is 0 Å². The highest BCUT2D eigenvalue weighted by Gasteiger charge is 2.11. The molecule has 0 saturated carbocycles. The van der Waals surface area contributed by atoms with Crippen molar-refractivity contribution in [3.8, 4) is 0 Å². The second-order valence-corrected chi connectivity index (χ2v) is 2.88. The minimum atomic E-state index is -0.403. The molecule has 4 heteroatoms. The fourth-order valence-corrected chi connectivity index (χ4v) is 1.18. The Bertz CT molecular complexity index is 316. The number of thiol groups is 1. The second-order valence-electron chi connectivity index (χ2n) is 2.56. The summed E-state index contributed by atoms with van der Waals surface area (Å²) in [5, 5.41) is 0. The monoisotopic (exact) mass is 199 g/mol. The summed E-state index contributed by atoms with van der Waals surface area (Å²) in [6.07, 6.45) is 0. The highest BCUT2D eigenvalue weighted by Crippen LogP contribution is 2.16. The number of amides is 1. The molecule has 1 rings (SSSR count). The van der Waals surface area contributed by atoms with E-state index in [-0.39, 0.29) is 17.3 Å². The van der Waals surface area contributed by atoms with Crippen LogP contribution in [0.25, 0.3) is 0 Å². The molecule has 0 spiro atoms. The summed E-state index contributed by atoms with van der Waals surface area (Å²) in [4.78, 5) is 12.4. The van der Waals surface area contributed by atoms with E-state index in [9.17, 15) is 9.18 Å². The third-order valence-corrected chi connectivity index (χ3v) is 1.99. The first-order chi connectivity index (χ1) is 6.16. The highest BCUT2D eigenvalue weighted by atomic mass is 32.1. The molecule has 0 radical (unpaired) electrons. The number of benzene rings is 1. The van der Waals surface area contributed by atoms with Gasteiger partial charge in [0.2, 0.25) is 5.91 Å². The van der Waals surface area contributed by atoms with Crippen LogP contribution in [-0.4, -0.2) is 18.7 Å². The summed E-state index contributed by atoms with van der Waals surface area (Å²) < 4.78 is 13.1. The van der Waals surface area contributed by atoms with Gasteiger partial charge in [0.25, 0.3) is 0 Å². The molecule has 1 amide bonds. The number of carbonyl (C=O) groups is 1. The number of nitrogens with zero attached hydrogens (tertiary/aromatic N) is 1. The van der Waals surface area contributed by atoms with Gasteiger partial charge in [0, 0.05) is 7.05 Å². The van der Waals surface area contributed by atoms with Crippen molar-refractivity contribution in [3.05, 3.63) is 30.1 Å². The zero-order valence-corrected chi connectivity index (χ0v) is 8.09. The first-order valence-corrected chi connectivity index (χ1v) is 4.42. The lowest BCUT2D eigenvalue weighted by Gasteiger charge is -2.16. The Hall–Kier alpha value is -1.03. The van der Waals surface area contributed by atoms with Crippen molar-refractivity contribution < 1.29 is 9.18 Å². The third kappa shape index (κ3) is 2.21. The van der Waals surface area contributed by atoms with Crippen molar-refractivity contribution in [2.75, 3.05) is 17.7 Å². The molecule has 0 aliphatic carbocycles. The fraction of sp³-hybridized carbons (Fsp3) is 0.222. The lowest BCUT2D eigenvalue weighted by Crippen LogP contribution is -2.27. The molecule has 0 saturated heterocycles. The molecular weight excluding hydrogens is 189 g/mol. The molecular formula is C9H10FNOS. The van der Waals surface area contributed by atoms with E-state index >= 15 is 0 Å². The zero-order chi connectivity index (χ0) is 9.84. The number of halogens is 1. The maximum absolute atomic E-state index is 13.1. The number of carbonyl (C=O) groups excluding carboxylic acids is 1. The topological polar surface area (TPSA) is 20.3 Å². The number of hydrogen-bond acceptors (Lipinski definition) is 2. The number of rotatable bonds is 2. The van der Waals surface area contributed by atoms with Crippen molar-refractivity contribution in [2.24, 2.45) is 0 Å². The second kappa shape index (κ2) is 4.28. The van der Waals surface area contributed by atoms with E-state index in [0.29, 0.717) is 0 Å². The number of hydrogen-bond donors (Lipinski definition) is 1. The molecule has 1 aromatic rings. The van der Waals surface area contributed by atoms with Crippen LogP contribution in [0.1, 0.15) is 0 Å². The summed E-state index contributed by atoms with van der Waals surface area (Å²) in [5.74, 6) is -0.557. The van der Waals surface area contributed by atoms with E-state index in [2.05, 4.69) is 12.6 Å². The lowest BCUT2D eigenvalue weighted by atomic mass is 10.3. The smallest absolute Gasteiger partial charge is 0.236 e. The normalized spacial score (nSPS) is 9.77. The van der Waals surface area contributed by atoms with Crippen LogP contribution in [0.5, 0.6) is 0 Å². The largest absolute Gasteiger partial charge is 0.312 e. The Morgan fingerprint density at radius 2 is 2.15 bits per heavy atom. The first kappa shape index (κ1) is 10.1. The van der Waals surface area contributed by atoms with Crippen LogP contribution in [0.4, 0.5) is 10.1 Å². The van der Waals surface area contributed by atoms with Crippen molar-refractivity contribution in [1.29, 1.82) is 0 Å². The third-order valence-electron chi connectivity index (χ3n) is 1.72. The van der Waals surface area contributed by atoms with Crippen LogP contribution in [-0.2, 0) is 4.79 Å². The molecule has 0 aliphatic heterocycles. The van der Waals surface area contributed by atoms with E-state index < -0.39 is 5.82 Å². The molecule has 0 N–H and O–H groups in total. The van der Waals surface area contributed by atoms with Crippen LogP contribution in [0.3, 0.4) is 0 Å². The SMILES string of the molecule is CN(C(=O)CS)c1ccccc1F. The fourth-order valence-electron chi connectivity index (χ4n) is 0.964. The summed E-state index contributed by atoms with van der Waals surface area (Å²) >= 11 is 3.83. The molecule has 70 valence electrons. The summed E-state index contributed by atoms with van der Waals surface area (Å²) in [7, 11) is 1.52. The van der Waals surface area contributed by atoms with E-state index in [1.54, 1.807) is 18.2 Å². The van der Waals surface area contributed by atoms with Gasteiger partial charge in [-0.3, -0.25) is 4.79 Å². The summed E-state index contributed by atoms with van der Waals surface area (Å²) in [6.45, 7) is 0. The van der Waals surface area contributed by atoms with E-state index in [1.807, 2.05) is 0 Å². The van der Waals surface area contributed by atoms with Gasteiger partial charge in [-0.05, 0) is 12.1 Å². The maximum Gasteiger partial charge on any atom is 0.236 e. The lowest BCUT2D eigenvalue weighted by molar-refractivity contribution is -0.115. The van der Waals surface area contributed by atoms with Crippen LogP contribution in [0, 0.1) is 5.82 Å². The molecule has 0 fully saturated rings. The Morgan fingerprint density at radius 1 is 1.54 bits per heavy atom. The predicted octanol–water partition coefficient (Wildman–Crippen LogP) is 1.72. The van der Waals surface area contributed by atoms with E-state index in [4.69, 9.17) is 0 Å². The van der Waals surface area contributed by atoms with Crippen LogP contribution < -0.4 is 4.90 Å². The standard InChI is InChI=1S/C9H10FNOS/c1-11(9(12)6-13)8-5-3-2-4-7(8)10/h2-5,13H,6H2,1H3. The molecule has 13 heavy (non-hydrogen) atoms. The maximum atomic E-state index is 13.1. The molecule has 0 unspecified atom stereocenters. The Kier molecular flexibility index (Phi) is 3.31. The van der Waals surface area contributed by atoms with Gasteiger partial charge in [-0.15, -0.1) is 0 Å². The van der Waals surface area contributed by atoms with Gasteiger partial charge < -0.3 is 4.90 Å². The molecule has 0 aromatic heterocycles. The Morgan fingerprint density at radius 3 is 2.69 bits per heavy atom. The highest BCUT2D eigenvalue weighted by molar-refractivity contribution is 7.81. The van der Waals surface area contributed by atoms with Gasteiger partial charge in [-0.2, -0.15) is 12.6 Å². The first-order valence-electron chi connectivity index (χ1n) is 3.78. The average molecular weight is 199 g/mol. The number of para-hydroxylation sites is 1. The van der Waals surface area contributed by atoms with Gasteiger partial charge >= 0.3 is 0 Å². The van der Waals surface area contributed by atoms with Crippen molar-refractivity contribution >= 4 is 24.2 Å². The molecule has 2 nitrogen and oxygen atoms in total. The van der Waals surface area contributed by atoms with Gasteiger partial charge in [0.1, 0.15) is 5.82 Å². The average Bonchev–Trinajstić information content (AvgIpc) is 2.16. The Labute approximate surface area is 81.8 Å². The summed E-state index contributed by atoms with van der Waals surface area (Å²) in [6, 6.07) is 6.13. The molecule has 0 aliphatic rings. The van der Waals surface area contributed by atoms with Gasteiger partial charge in [-0.1, -0.05) is 12.1 Å². The molecule has 0 heterocycles. The van der Waals surface area contributed by atoms with Gasteiger partial charge in [-0.25, -0.2) is 4.39 Å². The zero-order valence-electron chi connectivity index (χ0n) is 7.20. The van der Waals surface area contributed by atoms with E-state index in [0.717, 1.165) is 0 Å². The van der Waals surface area contributed by atoms with E-state index in [1.165, 1.54) is 18.0 Å². The summed E-state index contributed by atoms with van der Waals surface area (Å²) in [5.41, 5.74) is 0.279. The van der Waals surface area contributed by atoms with Crippen molar-refractivity contribution in [1.82, 2.24) is 0 Å². The van der Waals surface area contributed by atoms with Gasteiger partial charge in [0.05, 0.1) is 11.4 Å². The van der Waals surface area contributed by atoms with Crippen molar-refractivity contribution in [2.45, 2.75) is 0 Å². The molecule has 1 aromatic carbocycles. The molecule has 0 atom stereocenters.